The minimum absolute atomic E-state index is 0.139. The van der Waals surface area contributed by atoms with Crippen LogP contribution in [-0.2, 0) is 12.8 Å². The minimum Gasteiger partial charge on any atom is -0.303 e. The molecule has 0 aromatic heterocycles. The summed E-state index contributed by atoms with van der Waals surface area (Å²) in [6, 6.07) is 22.4. The fraction of sp³-hybridized carbons (Fsp3) is 0.360. The van der Waals surface area contributed by atoms with Crippen LogP contribution in [-0.4, -0.2) is 24.5 Å². The number of fused-ring (bicyclic) bond motifs is 1. The Balaban J connectivity index is 1.23. The third-order valence-corrected chi connectivity index (χ3v) is 5.95. The Morgan fingerprint density at radius 1 is 0.852 bits per heavy atom. The molecule has 0 bridgehead atoms. The van der Waals surface area contributed by atoms with Gasteiger partial charge in [0.05, 0.1) is 0 Å². The van der Waals surface area contributed by atoms with Gasteiger partial charge in [0.15, 0.2) is 0 Å². The predicted molar refractivity (Wildman–Crippen MR) is 112 cm³/mol. The third kappa shape index (κ3) is 4.75. The van der Waals surface area contributed by atoms with Gasteiger partial charge < -0.3 is 4.90 Å². The van der Waals surface area contributed by atoms with E-state index in [9.17, 15) is 4.39 Å². The highest BCUT2D eigenvalue weighted by molar-refractivity contribution is 5.85. The van der Waals surface area contributed by atoms with Crippen LogP contribution < -0.4 is 0 Å². The number of halogens is 1. The maximum Gasteiger partial charge on any atom is 0.123 e. The van der Waals surface area contributed by atoms with Crippen LogP contribution in [0.25, 0.3) is 10.8 Å². The number of aryl methyl sites for hydroxylation is 1. The molecular formula is C25H28FN. The summed E-state index contributed by atoms with van der Waals surface area (Å²) in [7, 11) is 0. The minimum atomic E-state index is -0.139. The van der Waals surface area contributed by atoms with Crippen LogP contribution in [0.4, 0.5) is 4.39 Å². The number of nitrogens with zero attached hydrogens (tertiary/aromatic N) is 1. The van der Waals surface area contributed by atoms with Crippen molar-refractivity contribution in [3.63, 3.8) is 0 Å². The van der Waals surface area contributed by atoms with Crippen LogP contribution in [0.2, 0.25) is 0 Å². The zero-order chi connectivity index (χ0) is 18.5. The predicted octanol–water partition coefficient (Wildman–Crippen LogP) is 5.87. The molecule has 0 saturated carbocycles. The Labute approximate surface area is 161 Å². The highest BCUT2D eigenvalue weighted by atomic mass is 19.1. The smallest absolute Gasteiger partial charge is 0.123 e. The summed E-state index contributed by atoms with van der Waals surface area (Å²) in [6.07, 6.45) is 5.97. The number of likely N-dealkylation sites (tertiary alicyclic amines) is 1. The van der Waals surface area contributed by atoms with Crippen molar-refractivity contribution in [2.45, 2.75) is 32.1 Å². The zero-order valence-electron chi connectivity index (χ0n) is 15.9. The molecule has 4 rings (SSSR count). The van der Waals surface area contributed by atoms with Gasteiger partial charge in [0, 0.05) is 0 Å². The van der Waals surface area contributed by atoms with Gasteiger partial charge in [-0.05, 0) is 91.7 Å². The van der Waals surface area contributed by atoms with Gasteiger partial charge in [-0.25, -0.2) is 4.39 Å². The summed E-state index contributed by atoms with van der Waals surface area (Å²) in [5, 5.41) is 2.75. The molecule has 3 aromatic carbocycles. The maximum atomic E-state index is 13.0. The topological polar surface area (TPSA) is 3.24 Å². The Hall–Kier alpha value is -2.19. The average Bonchev–Trinajstić information content (AvgIpc) is 2.71. The molecule has 0 spiro atoms. The number of piperidine rings is 1. The van der Waals surface area contributed by atoms with Crippen LogP contribution in [0.15, 0.2) is 66.7 Å². The largest absolute Gasteiger partial charge is 0.303 e. The first-order chi connectivity index (χ1) is 13.3. The summed E-state index contributed by atoms with van der Waals surface area (Å²) in [4.78, 5) is 2.62. The number of hydrogen-bond donors (Lipinski definition) is 0. The molecule has 27 heavy (non-hydrogen) atoms. The first-order valence-corrected chi connectivity index (χ1v) is 10.2. The second-order valence-corrected chi connectivity index (χ2v) is 7.86. The van der Waals surface area contributed by atoms with Crippen molar-refractivity contribution in [2.24, 2.45) is 5.92 Å². The molecule has 1 heterocycles. The lowest BCUT2D eigenvalue weighted by atomic mass is 9.90. The zero-order valence-corrected chi connectivity index (χ0v) is 15.9. The Morgan fingerprint density at radius 2 is 1.59 bits per heavy atom. The fourth-order valence-corrected chi connectivity index (χ4v) is 4.37. The molecule has 1 nitrogen and oxygen atoms in total. The SMILES string of the molecule is Fc1ccc(CC2CCN(CCCc3cccc4ccccc34)CC2)cc1. The Kier molecular flexibility index (Phi) is 5.84. The van der Waals surface area contributed by atoms with E-state index < -0.39 is 0 Å². The second kappa shape index (κ2) is 8.67. The normalized spacial score (nSPS) is 16.0. The van der Waals surface area contributed by atoms with Gasteiger partial charge in [-0.15, -0.1) is 0 Å². The summed E-state index contributed by atoms with van der Waals surface area (Å²) in [6.45, 7) is 3.58. The van der Waals surface area contributed by atoms with Crippen molar-refractivity contribution in [2.75, 3.05) is 19.6 Å². The van der Waals surface area contributed by atoms with E-state index in [-0.39, 0.29) is 5.82 Å². The standard InChI is InChI=1S/C25H28FN/c26-24-12-10-20(11-13-24)19-21-14-17-27(18-15-21)16-4-8-23-7-3-6-22-5-1-2-9-25(22)23/h1-3,5-7,9-13,21H,4,8,14-19H2. The molecular weight excluding hydrogens is 333 g/mol. The molecule has 0 atom stereocenters. The van der Waals surface area contributed by atoms with Gasteiger partial charge in [0.2, 0.25) is 0 Å². The van der Waals surface area contributed by atoms with E-state index >= 15 is 0 Å². The second-order valence-electron chi connectivity index (χ2n) is 7.86. The van der Waals surface area contributed by atoms with Crippen LogP contribution in [0.5, 0.6) is 0 Å². The van der Waals surface area contributed by atoms with E-state index in [0.717, 1.165) is 18.8 Å². The highest BCUT2D eigenvalue weighted by Crippen LogP contribution is 2.23. The molecule has 0 amide bonds. The van der Waals surface area contributed by atoms with Gasteiger partial charge in [0.1, 0.15) is 5.82 Å². The molecule has 3 aromatic rings. The molecule has 1 aliphatic rings. The van der Waals surface area contributed by atoms with Crippen molar-refractivity contribution in [3.05, 3.63) is 83.7 Å². The van der Waals surface area contributed by atoms with Crippen LogP contribution in [0.1, 0.15) is 30.4 Å². The van der Waals surface area contributed by atoms with Crippen LogP contribution in [0.3, 0.4) is 0 Å². The number of hydrogen-bond acceptors (Lipinski definition) is 1. The lowest BCUT2D eigenvalue weighted by molar-refractivity contribution is 0.182. The first kappa shape index (κ1) is 18.2. The van der Waals surface area contributed by atoms with E-state index in [1.165, 1.54) is 60.8 Å². The Morgan fingerprint density at radius 3 is 2.41 bits per heavy atom. The summed E-state index contributed by atoms with van der Waals surface area (Å²) in [5.41, 5.74) is 2.74. The molecule has 0 N–H and O–H groups in total. The quantitative estimate of drug-likeness (QED) is 0.531. The molecule has 140 valence electrons. The molecule has 2 heteroatoms. The van der Waals surface area contributed by atoms with Gasteiger partial charge in [-0.3, -0.25) is 0 Å². The van der Waals surface area contributed by atoms with E-state index in [0.29, 0.717) is 0 Å². The molecule has 0 radical (unpaired) electrons. The van der Waals surface area contributed by atoms with Gasteiger partial charge in [-0.2, -0.15) is 0 Å². The molecule has 1 aliphatic heterocycles. The van der Waals surface area contributed by atoms with E-state index in [2.05, 4.69) is 47.4 Å². The average molecular weight is 362 g/mol. The van der Waals surface area contributed by atoms with Crippen molar-refractivity contribution >= 4 is 10.8 Å². The van der Waals surface area contributed by atoms with Gasteiger partial charge >= 0.3 is 0 Å². The van der Waals surface area contributed by atoms with Crippen LogP contribution >= 0.6 is 0 Å². The van der Waals surface area contributed by atoms with Crippen molar-refractivity contribution < 1.29 is 4.39 Å². The lowest BCUT2D eigenvalue weighted by Gasteiger charge is -2.32. The highest BCUT2D eigenvalue weighted by Gasteiger charge is 2.19. The lowest BCUT2D eigenvalue weighted by Crippen LogP contribution is -2.35. The summed E-state index contributed by atoms with van der Waals surface area (Å²) in [5.74, 6) is 0.601. The Bertz CT molecular complexity index is 858. The van der Waals surface area contributed by atoms with Crippen molar-refractivity contribution in [3.8, 4) is 0 Å². The van der Waals surface area contributed by atoms with Crippen LogP contribution in [0, 0.1) is 11.7 Å². The van der Waals surface area contributed by atoms with E-state index in [1.807, 2.05) is 12.1 Å². The molecule has 1 saturated heterocycles. The summed E-state index contributed by atoms with van der Waals surface area (Å²) >= 11 is 0. The maximum absolute atomic E-state index is 13.0. The summed E-state index contributed by atoms with van der Waals surface area (Å²) < 4.78 is 13.0. The first-order valence-electron chi connectivity index (χ1n) is 10.2. The molecule has 0 unspecified atom stereocenters. The monoisotopic (exact) mass is 361 g/mol. The fourth-order valence-electron chi connectivity index (χ4n) is 4.37. The molecule has 1 fully saturated rings. The van der Waals surface area contributed by atoms with E-state index in [4.69, 9.17) is 0 Å². The number of benzene rings is 3. The van der Waals surface area contributed by atoms with Crippen molar-refractivity contribution in [1.82, 2.24) is 4.90 Å². The van der Waals surface area contributed by atoms with Crippen molar-refractivity contribution in [1.29, 1.82) is 0 Å². The van der Waals surface area contributed by atoms with Gasteiger partial charge in [0.25, 0.3) is 0 Å². The van der Waals surface area contributed by atoms with Gasteiger partial charge in [-0.1, -0.05) is 54.6 Å². The number of rotatable bonds is 6. The third-order valence-electron chi connectivity index (χ3n) is 5.95. The molecule has 0 aliphatic carbocycles. The van der Waals surface area contributed by atoms with E-state index in [1.54, 1.807) is 12.1 Å².